The lowest BCUT2D eigenvalue weighted by Crippen LogP contribution is -2.34. The van der Waals surface area contributed by atoms with E-state index in [0.717, 1.165) is 0 Å². The van der Waals surface area contributed by atoms with Crippen LogP contribution < -0.4 is 10.1 Å². The van der Waals surface area contributed by atoms with Crippen LogP contribution in [-0.2, 0) is 9.53 Å². The summed E-state index contributed by atoms with van der Waals surface area (Å²) in [5.41, 5.74) is 0.901. The van der Waals surface area contributed by atoms with E-state index in [9.17, 15) is 14.4 Å². The van der Waals surface area contributed by atoms with Crippen LogP contribution >= 0.6 is 0 Å². The fraction of sp³-hybridized carbons (Fsp3) is 0.111. The summed E-state index contributed by atoms with van der Waals surface area (Å²) in [6.45, 7) is -0.617. The van der Waals surface area contributed by atoms with Gasteiger partial charge in [0.25, 0.3) is 11.8 Å². The Hall–Kier alpha value is -4.08. The number of rotatable bonds is 6. The van der Waals surface area contributed by atoms with Crippen molar-refractivity contribution >= 4 is 17.8 Å². The van der Waals surface area contributed by atoms with Crippen molar-refractivity contribution in [3.05, 3.63) is 66.2 Å². The topological polar surface area (TPSA) is 125 Å². The zero-order valence-electron chi connectivity index (χ0n) is 14.7. The summed E-state index contributed by atoms with van der Waals surface area (Å²) >= 11 is 0. The molecule has 28 heavy (non-hydrogen) atoms. The lowest BCUT2D eigenvalue weighted by atomic mass is 10.2. The average Bonchev–Trinajstić information content (AvgIpc) is 3.27. The summed E-state index contributed by atoms with van der Waals surface area (Å²) in [5, 5.41) is 9.61. The first kappa shape index (κ1) is 18.7. The normalized spacial score (nSPS) is 10.2. The standard InChI is InChI=1S/C18H15N5O5/c1-27-15-4-2-12(3-5-15)17(25)21-16(24)11-28-18(26)13-8-14(10-19-9-13)23-7-6-20-22-23/h2-10H,11H2,1H3,(H,21,24,25). The second-order valence-corrected chi connectivity index (χ2v) is 5.46. The van der Waals surface area contributed by atoms with E-state index in [-0.39, 0.29) is 11.1 Å². The maximum Gasteiger partial charge on any atom is 0.340 e. The monoisotopic (exact) mass is 381 g/mol. The Labute approximate surface area is 159 Å². The summed E-state index contributed by atoms with van der Waals surface area (Å²) in [6.07, 6.45) is 5.86. The van der Waals surface area contributed by atoms with E-state index in [2.05, 4.69) is 20.6 Å². The number of nitrogens with zero attached hydrogens (tertiary/aromatic N) is 4. The van der Waals surface area contributed by atoms with Gasteiger partial charge in [0.15, 0.2) is 6.61 Å². The smallest absolute Gasteiger partial charge is 0.340 e. The number of carbonyl (C=O) groups excluding carboxylic acids is 3. The number of aromatic nitrogens is 4. The van der Waals surface area contributed by atoms with Crippen LogP contribution in [-0.4, -0.2) is 51.5 Å². The number of imide groups is 1. The number of esters is 1. The zero-order chi connectivity index (χ0) is 19.9. The SMILES string of the molecule is COc1ccc(C(=O)NC(=O)COC(=O)c2cncc(-n3ccnn3)c2)cc1. The minimum Gasteiger partial charge on any atom is -0.497 e. The largest absolute Gasteiger partial charge is 0.497 e. The molecule has 2 amide bonds. The van der Waals surface area contributed by atoms with Gasteiger partial charge in [0.2, 0.25) is 0 Å². The van der Waals surface area contributed by atoms with Gasteiger partial charge < -0.3 is 9.47 Å². The molecule has 10 nitrogen and oxygen atoms in total. The van der Waals surface area contributed by atoms with Crippen LogP contribution in [0.3, 0.4) is 0 Å². The molecule has 0 spiro atoms. The number of nitrogens with one attached hydrogen (secondary N) is 1. The molecule has 2 aromatic heterocycles. The number of carbonyl (C=O) groups is 3. The maximum atomic E-state index is 12.1. The van der Waals surface area contributed by atoms with Crippen molar-refractivity contribution in [2.45, 2.75) is 0 Å². The molecule has 1 N–H and O–H groups in total. The van der Waals surface area contributed by atoms with Crippen molar-refractivity contribution in [1.82, 2.24) is 25.3 Å². The fourth-order valence-corrected chi connectivity index (χ4v) is 2.20. The highest BCUT2D eigenvalue weighted by molar-refractivity contribution is 6.05. The number of hydrogen-bond donors (Lipinski definition) is 1. The van der Waals surface area contributed by atoms with Crippen LogP contribution in [0, 0.1) is 0 Å². The van der Waals surface area contributed by atoms with Gasteiger partial charge in [0.05, 0.1) is 37.0 Å². The van der Waals surface area contributed by atoms with E-state index in [4.69, 9.17) is 9.47 Å². The van der Waals surface area contributed by atoms with Gasteiger partial charge in [-0.1, -0.05) is 5.21 Å². The van der Waals surface area contributed by atoms with Gasteiger partial charge in [-0.05, 0) is 30.3 Å². The number of pyridine rings is 1. The molecule has 0 aliphatic rings. The van der Waals surface area contributed by atoms with E-state index < -0.39 is 24.4 Å². The molecule has 0 bridgehead atoms. The van der Waals surface area contributed by atoms with Crippen molar-refractivity contribution in [2.75, 3.05) is 13.7 Å². The quantitative estimate of drug-likeness (QED) is 0.621. The first-order chi connectivity index (χ1) is 13.6. The van der Waals surface area contributed by atoms with E-state index >= 15 is 0 Å². The molecule has 3 aromatic rings. The van der Waals surface area contributed by atoms with Crippen molar-refractivity contribution in [1.29, 1.82) is 0 Å². The highest BCUT2D eigenvalue weighted by Crippen LogP contribution is 2.11. The zero-order valence-corrected chi connectivity index (χ0v) is 14.7. The number of hydrogen-bond acceptors (Lipinski definition) is 8. The predicted octanol–water partition coefficient (Wildman–Crippen LogP) is 0.784. The van der Waals surface area contributed by atoms with Gasteiger partial charge in [-0.25, -0.2) is 9.48 Å². The predicted molar refractivity (Wildman–Crippen MR) is 94.9 cm³/mol. The van der Waals surface area contributed by atoms with Crippen molar-refractivity contribution in [2.24, 2.45) is 0 Å². The van der Waals surface area contributed by atoms with E-state index in [1.165, 1.54) is 48.6 Å². The highest BCUT2D eigenvalue weighted by atomic mass is 16.5. The minimum absolute atomic E-state index is 0.127. The van der Waals surface area contributed by atoms with Gasteiger partial charge in [-0.3, -0.25) is 19.9 Å². The third-order valence-corrected chi connectivity index (χ3v) is 3.59. The molecule has 142 valence electrons. The van der Waals surface area contributed by atoms with Crippen LogP contribution in [0.15, 0.2) is 55.1 Å². The lowest BCUT2D eigenvalue weighted by molar-refractivity contribution is -0.123. The van der Waals surface area contributed by atoms with Gasteiger partial charge in [0, 0.05) is 11.8 Å². The van der Waals surface area contributed by atoms with Gasteiger partial charge in [-0.2, -0.15) is 0 Å². The molecule has 3 rings (SSSR count). The number of amides is 2. The maximum absolute atomic E-state index is 12.1. The molecule has 0 aliphatic carbocycles. The first-order valence-electron chi connectivity index (χ1n) is 8.04. The third kappa shape index (κ3) is 4.55. The van der Waals surface area contributed by atoms with Crippen molar-refractivity contribution in [3.8, 4) is 11.4 Å². The Bertz CT molecular complexity index is 986. The van der Waals surface area contributed by atoms with Crippen LogP contribution in [0.2, 0.25) is 0 Å². The number of methoxy groups -OCH3 is 1. The van der Waals surface area contributed by atoms with Crippen molar-refractivity contribution in [3.63, 3.8) is 0 Å². The second kappa shape index (κ2) is 8.54. The molecule has 0 saturated heterocycles. The highest BCUT2D eigenvalue weighted by Gasteiger charge is 2.15. The van der Waals surface area contributed by atoms with Crippen molar-refractivity contribution < 1.29 is 23.9 Å². The molecule has 0 atom stereocenters. The lowest BCUT2D eigenvalue weighted by Gasteiger charge is -2.07. The molecule has 0 unspecified atom stereocenters. The van der Waals surface area contributed by atoms with Gasteiger partial charge >= 0.3 is 5.97 Å². The molecule has 0 aliphatic heterocycles. The van der Waals surface area contributed by atoms with E-state index in [0.29, 0.717) is 11.4 Å². The van der Waals surface area contributed by atoms with Gasteiger partial charge in [0.1, 0.15) is 5.75 Å². The van der Waals surface area contributed by atoms with E-state index in [1.54, 1.807) is 18.3 Å². The molecule has 0 fully saturated rings. The molecular formula is C18H15N5O5. The molecule has 10 heteroatoms. The Kier molecular flexibility index (Phi) is 5.70. The average molecular weight is 381 g/mol. The molecule has 0 radical (unpaired) electrons. The molecule has 2 heterocycles. The Morgan fingerprint density at radius 3 is 2.57 bits per heavy atom. The van der Waals surface area contributed by atoms with Crippen LogP contribution in [0.1, 0.15) is 20.7 Å². The number of benzene rings is 1. The Morgan fingerprint density at radius 2 is 1.89 bits per heavy atom. The summed E-state index contributed by atoms with van der Waals surface area (Å²) in [7, 11) is 1.50. The summed E-state index contributed by atoms with van der Waals surface area (Å²) in [4.78, 5) is 39.9. The second-order valence-electron chi connectivity index (χ2n) is 5.46. The Balaban J connectivity index is 1.54. The summed E-state index contributed by atoms with van der Waals surface area (Å²) < 4.78 is 11.3. The summed E-state index contributed by atoms with van der Waals surface area (Å²) in [6, 6.07) is 7.69. The number of ether oxygens (including phenoxy) is 2. The molecule has 1 aromatic carbocycles. The van der Waals surface area contributed by atoms with Crippen LogP contribution in [0.5, 0.6) is 5.75 Å². The first-order valence-corrected chi connectivity index (χ1v) is 8.04. The Morgan fingerprint density at radius 1 is 1.11 bits per heavy atom. The molecule has 0 saturated carbocycles. The third-order valence-electron chi connectivity index (χ3n) is 3.59. The van der Waals surface area contributed by atoms with Crippen LogP contribution in [0.4, 0.5) is 0 Å². The fourth-order valence-electron chi connectivity index (χ4n) is 2.20. The van der Waals surface area contributed by atoms with Gasteiger partial charge in [-0.15, -0.1) is 5.10 Å². The summed E-state index contributed by atoms with van der Waals surface area (Å²) in [5.74, 6) is -1.55. The van der Waals surface area contributed by atoms with Crippen LogP contribution in [0.25, 0.3) is 5.69 Å². The van der Waals surface area contributed by atoms with E-state index in [1.807, 2.05) is 0 Å². The minimum atomic E-state index is -0.762. The molecular weight excluding hydrogens is 366 g/mol.